The molecule has 1 fully saturated rings. The van der Waals surface area contributed by atoms with Gasteiger partial charge in [-0.3, -0.25) is 9.69 Å². The number of hydrogen-bond acceptors (Lipinski definition) is 6. The molecule has 0 aliphatic carbocycles. The minimum Gasteiger partial charge on any atom is -0.496 e. The van der Waals surface area contributed by atoms with Crippen LogP contribution in [0, 0.1) is 0 Å². The lowest BCUT2D eigenvalue weighted by molar-refractivity contribution is -0.138. The fourth-order valence-electron chi connectivity index (χ4n) is 5.05. The number of halogens is 5. The number of hydrogen-bond donors (Lipinski definition) is 1. The van der Waals surface area contributed by atoms with Gasteiger partial charge in [0.2, 0.25) is 5.88 Å². The lowest BCUT2D eigenvalue weighted by Crippen LogP contribution is -2.32. The average Bonchev–Trinajstić information content (AvgIpc) is 3.27. The van der Waals surface area contributed by atoms with Crippen molar-refractivity contribution in [2.75, 3.05) is 14.2 Å². The van der Waals surface area contributed by atoms with Crippen molar-refractivity contribution in [3.05, 3.63) is 76.5 Å². The predicted octanol–water partition coefficient (Wildman–Crippen LogP) is 7.39. The first-order valence-electron chi connectivity index (χ1n) is 13.7. The number of carbonyl (C=O) groups excluding carboxylic acids is 1. The average molecular weight is 623 g/mol. The van der Waals surface area contributed by atoms with E-state index in [1.807, 2.05) is 0 Å². The summed E-state index contributed by atoms with van der Waals surface area (Å²) in [4.78, 5) is 30.0. The number of aryl methyl sites for hydroxylation is 1. The monoisotopic (exact) mass is 622 g/mol. The van der Waals surface area contributed by atoms with Crippen LogP contribution >= 0.6 is 0 Å². The van der Waals surface area contributed by atoms with Gasteiger partial charge in [-0.25, -0.2) is 18.6 Å². The third-order valence-corrected chi connectivity index (χ3v) is 7.53. The second-order valence-corrected chi connectivity index (χ2v) is 10.3. The van der Waals surface area contributed by atoms with Crippen molar-refractivity contribution < 1.29 is 50.9 Å². The topological polar surface area (TPSA) is 98.2 Å². The molecule has 0 bridgehead atoms. The number of pyridine rings is 1. The fourth-order valence-corrected chi connectivity index (χ4v) is 5.05. The maximum atomic E-state index is 14.6. The van der Waals surface area contributed by atoms with Crippen molar-refractivity contribution in [1.29, 1.82) is 0 Å². The van der Waals surface area contributed by atoms with Crippen LogP contribution in [0.25, 0.3) is 11.1 Å². The summed E-state index contributed by atoms with van der Waals surface area (Å²) in [6.07, 6.45) is -7.62. The number of methoxy groups -OCH3 is 2. The molecule has 1 saturated heterocycles. The molecule has 3 aromatic rings. The van der Waals surface area contributed by atoms with Gasteiger partial charge in [0.05, 0.1) is 38.1 Å². The quantitative estimate of drug-likeness (QED) is 0.223. The van der Waals surface area contributed by atoms with Gasteiger partial charge in [-0.15, -0.1) is 0 Å². The highest BCUT2D eigenvalue weighted by atomic mass is 19.4. The molecular formula is C31H31F5N2O6. The zero-order valence-electron chi connectivity index (χ0n) is 24.4. The van der Waals surface area contributed by atoms with Gasteiger partial charge in [0.25, 0.3) is 5.92 Å². The highest BCUT2D eigenvalue weighted by molar-refractivity contribution is 5.76. The predicted molar refractivity (Wildman–Crippen MR) is 149 cm³/mol. The van der Waals surface area contributed by atoms with E-state index < -0.39 is 53.9 Å². The van der Waals surface area contributed by atoms with Gasteiger partial charge in [-0.2, -0.15) is 13.2 Å². The van der Waals surface area contributed by atoms with Crippen LogP contribution in [0.15, 0.2) is 48.5 Å². The van der Waals surface area contributed by atoms with Crippen LogP contribution in [-0.4, -0.2) is 47.3 Å². The van der Waals surface area contributed by atoms with Gasteiger partial charge in [0.15, 0.2) is 0 Å². The Hall–Kier alpha value is -4.42. The van der Waals surface area contributed by atoms with Crippen LogP contribution in [0.4, 0.5) is 26.7 Å². The number of carboxylic acids is 1. The van der Waals surface area contributed by atoms with Crippen LogP contribution in [-0.2, 0) is 34.6 Å². The fraction of sp³-hybridized carbons (Fsp3) is 0.387. The third-order valence-electron chi connectivity index (χ3n) is 7.53. The molecule has 13 heteroatoms. The molecule has 2 unspecified atom stereocenters. The lowest BCUT2D eigenvalue weighted by Gasteiger charge is -2.24. The molecule has 1 aliphatic rings. The van der Waals surface area contributed by atoms with Gasteiger partial charge in [0.1, 0.15) is 11.9 Å². The normalized spacial score (nSPS) is 17.0. The van der Waals surface area contributed by atoms with E-state index in [4.69, 9.17) is 19.3 Å². The summed E-state index contributed by atoms with van der Waals surface area (Å²) in [5, 5.41) is 9.11. The summed E-state index contributed by atoms with van der Waals surface area (Å²) in [7, 11) is 2.86. The Morgan fingerprint density at radius 3 is 2.32 bits per heavy atom. The number of rotatable bonds is 11. The number of carboxylic acid groups (broad SMARTS) is 1. The molecule has 0 spiro atoms. The highest BCUT2D eigenvalue weighted by Gasteiger charge is 2.43. The van der Waals surface area contributed by atoms with Gasteiger partial charge in [0, 0.05) is 35.6 Å². The number of aromatic nitrogens is 1. The zero-order valence-corrected chi connectivity index (χ0v) is 24.4. The third kappa shape index (κ3) is 6.87. The lowest BCUT2D eigenvalue weighted by atomic mass is 9.94. The van der Waals surface area contributed by atoms with Crippen LogP contribution < -0.4 is 9.47 Å². The molecule has 2 atom stereocenters. The molecule has 2 heterocycles. The molecule has 0 saturated carbocycles. The summed E-state index contributed by atoms with van der Waals surface area (Å²) < 4.78 is 86.5. The van der Waals surface area contributed by atoms with E-state index in [9.17, 15) is 31.5 Å². The molecule has 8 nitrogen and oxygen atoms in total. The van der Waals surface area contributed by atoms with E-state index >= 15 is 0 Å². The van der Waals surface area contributed by atoms with Gasteiger partial charge in [-0.1, -0.05) is 13.0 Å². The number of ether oxygens (including phenoxy) is 3. The Bertz CT molecular complexity index is 1540. The number of nitrogens with zero attached hydrogens (tertiary/aromatic N) is 2. The van der Waals surface area contributed by atoms with E-state index in [2.05, 4.69) is 4.98 Å². The molecule has 236 valence electrons. The molecule has 1 aliphatic heterocycles. The van der Waals surface area contributed by atoms with Crippen molar-refractivity contribution in [1.82, 2.24) is 9.88 Å². The zero-order chi connectivity index (χ0) is 32.4. The van der Waals surface area contributed by atoms with E-state index in [0.29, 0.717) is 34.2 Å². The number of amides is 1. The Labute approximate surface area is 250 Å². The summed E-state index contributed by atoms with van der Waals surface area (Å²) in [5.74, 6) is -3.83. The molecule has 1 amide bonds. The summed E-state index contributed by atoms with van der Waals surface area (Å²) in [6, 6.07) is 9.65. The van der Waals surface area contributed by atoms with Crippen molar-refractivity contribution >= 4 is 12.1 Å². The molecule has 4 rings (SSSR count). The Morgan fingerprint density at radius 1 is 1.00 bits per heavy atom. The van der Waals surface area contributed by atoms with Gasteiger partial charge >= 0.3 is 18.2 Å². The van der Waals surface area contributed by atoms with Crippen molar-refractivity contribution in [3.63, 3.8) is 0 Å². The molecule has 44 heavy (non-hydrogen) atoms. The first kappa shape index (κ1) is 32.5. The van der Waals surface area contributed by atoms with Crippen LogP contribution in [0.2, 0.25) is 0 Å². The second kappa shape index (κ2) is 12.7. The Balaban J connectivity index is 1.74. The van der Waals surface area contributed by atoms with E-state index in [-0.39, 0.29) is 30.8 Å². The summed E-state index contributed by atoms with van der Waals surface area (Å²) >= 11 is 0. The summed E-state index contributed by atoms with van der Waals surface area (Å²) in [5.41, 5.74) is -0.190. The van der Waals surface area contributed by atoms with Crippen LogP contribution in [0.5, 0.6) is 11.6 Å². The minimum atomic E-state index is -4.91. The molecule has 1 N–H and O–H groups in total. The molecule has 0 radical (unpaired) electrons. The Kier molecular flexibility index (Phi) is 9.36. The maximum Gasteiger partial charge on any atom is 0.416 e. The van der Waals surface area contributed by atoms with E-state index in [0.717, 1.165) is 19.1 Å². The summed E-state index contributed by atoms with van der Waals surface area (Å²) in [6.45, 7) is 2.53. The standard InChI is InChI=1S/C31H31F5N2O6/c1-5-30(32,33)20-13-19(14-21(15-20)31(34,35)36)28-17(2)38(29(41)44-28)16-24-22(8-10-26(37-24)43-4)23-12-18(7-11-27(39)40)6-9-25(23)42-3/h6,8-10,12-15,17,28H,5,7,11,16H2,1-4H3,(H,39,40). The SMILES string of the molecule is CCC(F)(F)c1cc(C2OC(=O)N(Cc3nc(OC)ccc3-c3cc(CCC(=O)O)ccc3OC)C2C)cc(C(F)(F)F)c1. The number of carbonyl (C=O) groups is 2. The van der Waals surface area contributed by atoms with Gasteiger partial charge in [-0.05, 0) is 60.9 Å². The smallest absolute Gasteiger partial charge is 0.416 e. The molecule has 1 aromatic heterocycles. The number of benzene rings is 2. The number of cyclic esters (lactones) is 1. The molecular weight excluding hydrogens is 591 g/mol. The first-order valence-corrected chi connectivity index (χ1v) is 13.7. The van der Waals surface area contributed by atoms with Crippen molar-refractivity contribution in [2.45, 2.75) is 63.9 Å². The first-order chi connectivity index (χ1) is 20.7. The maximum absolute atomic E-state index is 14.6. The van der Waals surface area contributed by atoms with E-state index in [1.54, 1.807) is 37.3 Å². The van der Waals surface area contributed by atoms with Gasteiger partial charge < -0.3 is 19.3 Å². The number of aliphatic carboxylic acids is 1. The minimum absolute atomic E-state index is 0.0978. The molecule has 2 aromatic carbocycles. The van der Waals surface area contributed by atoms with Crippen LogP contribution in [0.3, 0.4) is 0 Å². The van der Waals surface area contributed by atoms with Crippen LogP contribution in [0.1, 0.15) is 60.7 Å². The second-order valence-electron chi connectivity index (χ2n) is 10.3. The largest absolute Gasteiger partial charge is 0.496 e. The van der Waals surface area contributed by atoms with E-state index in [1.165, 1.54) is 19.1 Å². The van der Waals surface area contributed by atoms with Crippen molar-refractivity contribution in [2.24, 2.45) is 0 Å². The number of alkyl halides is 5. The highest BCUT2D eigenvalue weighted by Crippen LogP contribution is 2.42. The Morgan fingerprint density at radius 2 is 1.70 bits per heavy atom. The van der Waals surface area contributed by atoms with Crippen molar-refractivity contribution in [3.8, 4) is 22.8 Å².